The number of rotatable bonds is 6. The number of hydrogen-bond donors (Lipinski definition) is 1. The predicted octanol–water partition coefficient (Wildman–Crippen LogP) is 4.21. The molecule has 9 heteroatoms. The van der Waals surface area contributed by atoms with Crippen molar-refractivity contribution in [2.45, 2.75) is 0 Å². The number of carbonyl (C=O) groups is 2. The van der Waals surface area contributed by atoms with Gasteiger partial charge in [-0.3, -0.25) is 14.9 Å². The fourth-order valence-electron chi connectivity index (χ4n) is 2.66. The quantitative estimate of drug-likeness (QED) is 0.368. The molecule has 0 spiro atoms. The van der Waals surface area contributed by atoms with Crippen LogP contribution in [-0.4, -0.2) is 30.5 Å². The third kappa shape index (κ3) is 4.61. The van der Waals surface area contributed by atoms with Crippen LogP contribution in [0.4, 0.5) is 11.4 Å². The number of esters is 1. The van der Waals surface area contributed by atoms with Gasteiger partial charge in [-0.2, -0.15) is 0 Å². The van der Waals surface area contributed by atoms with Gasteiger partial charge in [0.25, 0.3) is 11.6 Å². The van der Waals surface area contributed by atoms with Crippen molar-refractivity contribution in [3.63, 3.8) is 0 Å². The molecule has 1 N–H and O–H groups in total. The summed E-state index contributed by atoms with van der Waals surface area (Å²) in [6.07, 6.45) is 0. The zero-order chi connectivity index (χ0) is 21.0. The summed E-state index contributed by atoms with van der Waals surface area (Å²) in [7, 11) is 1.43. The van der Waals surface area contributed by atoms with E-state index in [1.807, 2.05) is 24.3 Å². The Labute approximate surface area is 170 Å². The number of halogens is 1. The van der Waals surface area contributed by atoms with E-state index in [-0.39, 0.29) is 22.0 Å². The largest absolute Gasteiger partial charge is 0.496 e. The van der Waals surface area contributed by atoms with E-state index in [1.165, 1.54) is 19.2 Å². The van der Waals surface area contributed by atoms with E-state index in [0.29, 0.717) is 5.75 Å². The van der Waals surface area contributed by atoms with E-state index in [4.69, 9.17) is 21.1 Å². The summed E-state index contributed by atoms with van der Waals surface area (Å²) in [5, 5.41) is 14.9. The second kappa shape index (κ2) is 8.57. The van der Waals surface area contributed by atoms with Crippen molar-refractivity contribution >= 4 is 45.6 Å². The van der Waals surface area contributed by atoms with E-state index in [1.54, 1.807) is 12.1 Å². The van der Waals surface area contributed by atoms with Gasteiger partial charge in [-0.05, 0) is 29.0 Å². The summed E-state index contributed by atoms with van der Waals surface area (Å²) >= 11 is 5.93. The van der Waals surface area contributed by atoms with Crippen molar-refractivity contribution in [3.05, 3.63) is 75.3 Å². The molecule has 0 aliphatic carbocycles. The SMILES string of the molecule is COc1cc2ccccc2cc1C(=O)OCC(=O)Nc1ccc([N+](=O)[O-])cc1Cl. The molecule has 0 saturated heterocycles. The minimum Gasteiger partial charge on any atom is -0.496 e. The maximum Gasteiger partial charge on any atom is 0.342 e. The first-order valence-corrected chi connectivity index (χ1v) is 8.74. The van der Waals surface area contributed by atoms with Crippen LogP contribution < -0.4 is 10.1 Å². The molecule has 29 heavy (non-hydrogen) atoms. The van der Waals surface area contributed by atoms with Crippen LogP contribution in [0, 0.1) is 10.1 Å². The van der Waals surface area contributed by atoms with Gasteiger partial charge in [0.1, 0.15) is 11.3 Å². The summed E-state index contributed by atoms with van der Waals surface area (Å²) in [5.74, 6) is -1.04. The average Bonchev–Trinajstić information content (AvgIpc) is 2.72. The lowest BCUT2D eigenvalue weighted by Gasteiger charge is -2.11. The van der Waals surface area contributed by atoms with E-state index < -0.39 is 23.4 Å². The smallest absolute Gasteiger partial charge is 0.342 e. The second-order valence-electron chi connectivity index (χ2n) is 5.95. The molecule has 0 atom stereocenters. The third-order valence-corrected chi connectivity index (χ3v) is 4.37. The molecule has 3 aromatic carbocycles. The summed E-state index contributed by atoms with van der Waals surface area (Å²) in [4.78, 5) is 34.6. The van der Waals surface area contributed by atoms with Gasteiger partial charge in [-0.15, -0.1) is 0 Å². The summed E-state index contributed by atoms with van der Waals surface area (Å²) < 4.78 is 10.3. The molecule has 0 bridgehead atoms. The number of nitro benzene ring substituents is 1. The number of benzene rings is 3. The van der Waals surface area contributed by atoms with Crippen molar-refractivity contribution in [1.82, 2.24) is 0 Å². The highest BCUT2D eigenvalue weighted by Crippen LogP contribution is 2.28. The van der Waals surface area contributed by atoms with Crippen LogP contribution in [0.15, 0.2) is 54.6 Å². The topological polar surface area (TPSA) is 108 Å². The third-order valence-electron chi connectivity index (χ3n) is 4.06. The normalized spacial score (nSPS) is 10.4. The predicted molar refractivity (Wildman–Crippen MR) is 108 cm³/mol. The first kappa shape index (κ1) is 20.1. The molecule has 0 radical (unpaired) electrons. The molecule has 3 aromatic rings. The Kier molecular flexibility index (Phi) is 5.94. The van der Waals surface area contributed by atoms with Gasteiger partial charge >= 0.3 is 5.97 Å². The van der Waals surface area contributed by atoms with Gasteiger partial charge in [0.05, 0.1) is 22.7 Å². The fourth-order valence-corrected chi connectivity index (χ4v) is 2.88. The zero-order valence-electron chi connectivity index (χ0n) is 15.2. The Morgan fingerprint density at radius 3 is 2.41 bits per heavy atom. The Balaban J connectivity index is 1.68. The highest BCUT2D eigenvalue weighted by molar-refractivity contribution is 6.34. The maximum absolute atomic E-state index is 12.4. The van der Waals surface area contributed by atoms with Crippen molar-refractivity contribution in [3.8, 4) is 5.75 Å². The van der Waals surface area contributed by atoms with Crippen LogP contribution >= 0.6 is 11.6 Å². The van der Waals surface area contributed by atoms with Crippen molar-refractivity contribution in [2.24, 2.45) is 0 Å². The summed E-state index contributed by atoms with van der Waals surface area (Å²) in [6, 6.07) is 14.4. The van der Waals surface area contributed by atoms with Gasteiger partial charge in [0, 0.05) is 12.1 Å². The standard InChI is InChI=1S/C20H15ClN2O6/c1-28-18-9-13-5-3-2-4-12(13)8-15(18)20(25)29-11-19(24)22-17-7-6-14(23(26)27)10-16(17)21/h2-10H,11H2,1H3,(H,22,24). The number of anilines is 1. The first-order chi connectivity index (χ1) is 13.9. The summed E-state index contributed by atoms with van der Waals surface area (Å²) in [5.41, 5.74) is 0.150. The van der Waals surface area contributed by atoms with Gasteiger partial charge in [0.2, 0.25) is 0 Å². The van der Waals surface area contributed by atoms with E-state index >= 15 is 0 Å². The number of nitro groups is 1. The molecule has 0 saturated carbocycles. The minimum atomic E-state index is -0.724. The molecule has 148 valence electrons. The average molecular weight is 415 g/mol. The second-order valence-corrected chi connectivity index (χ2v) is 6.35. The van der Waals surface area contributed by atoms with Crippen molar-refractivity contribution in [2.75, 3.05) is 19.0 Å². The molecular weight excluding hydrogens is 400 g/mol. The number of nitrogens with one attached hydrogen (secondary N) is 1. The van der Waals surface area contributed by atoms with Crippen LogP contribution in [0.2, 0.25) is 5.02 Å². The Morgan fingerprint density at radius 2 is 1.79 bits per heavy atom. The van der Waals surface area contributed by atoms with E-state index in [9.17, 15) is 19.7 Å². The van der Waals surface area contributed by atoms with Crippen LogP contribution in [-0.2, 0) is 9.53 Å². The lowest BCUT2D eigenvalue weighted by molar-refractivity contribution is -0.384. The lowest BCUT2D eigenvalue weighted by atomic mass is 10.1. The van der Waals surface area contributed by atoms with Crippen LogP contribution in [0.25, 0.3) is 10.8 Å². The molecule has 0 fully saturated rings. The molecule has 3 rings (SSSR count). The molecule has 0 aliphatic rings. The number of ether oxygens (including phenoxy) is 2. The number of carbonyl (C=O) groups excluding carboxylic acids is 2. The molecule has 1 amide bonds. The maximum atomic E-state index is 12.4. The highest BCUT2D eigenvalue weighted by Gasteiger charge is 2.17. The Bertz CT molecular complexity index is 1120. The molecule has 0 aliphatic heterocycles. The number of non-ortho nitro benzene ring substituents is 1. The van der Waals surface area contributed by atoms with Crippen molar-refractivity contribution < 1.29 is 24.0 Å². The number of methoxy groups -OCH3 is 1. The van der Waals surface area contributed by atoms with Crippen LogP contribution in [0.3, 0.4) is 0 Å². The first-order valence-electron chi connectivity index (χ1n) is 8.36. The Morgan fingerprint density at radius 1 is 1.10 bits per heavy atom. The molecule has 0 heterocycles. The summed E-state index contributed by atoms with van der Waals surface area (Å²) in [6.45, 7) is -0.567. The van der Waals surface area contributed by atoms with Gasteiger partial charge in [-0.25, -0.2) is 4.79 Å². The zero-order valence-corrected chi connectivity index (χ0v) is 15.9. The number of fused-ring (bicyclic) bond motifs is 1. The number of nitrogens with zero attached hydrogens (tertiary/aromatic N) is 1. The van der Waals surface area contributed by atoms with Gasteiger partial charge in [-0.1, -0.05) is 35.9 Å². The highest BCUT2D eigenvalue weighted by atomic mass is 35.5. The minimum absolute atomic E-state index is 0.00456. The Hall–Kier alpha value is -3.65. The van der Waals surface area contributed by atoms with Crippen LogP contribution in [0.1, 0.15) is 10.4 Å². The lowest BCUT2D eigenvalue weighted by Crippen LogP contribution is -2.21. The monoisotopic (exact) mass is 414 g/mol. The number of amides is 1. The van der Waals surface area contributed by atoms with E-state index in [2.05, 4.69) is 5.32 Å². The van der Waals surface area contributed by atoms with E-state index in [0.717, 1.165) is 16.8 Å². The van der Waals surface area contributed by atoms with Gasteiger partial charge < -0.3 is 14.8 Å². The number of hydrogen-bond acceptors (Lipinski definition) is 6. The molecular formula is C20H15ClN2O6. The molecule has 8 nitrogen and oxygen atoms in total. The molecule has 0 aromatic heterocycles. The van der Waals surface area contributed by atoms with Crippen molar-refractivity contribution in [1.29, 1.82) is 0 Å². The molecule has 0 unspecified atom stereocenters. The fraction of sp³-hybridized carbons (Fsp3) is 0.100. The van der Waals surface area contributed by atoms with Gasteiger partial charge in [0.15, 0.2) is 6.61 Å². The van der Waals surface area contributed by atoms with Crippen LogP contribution in [0.5, 0.6) is 5.75 Å².